The highest BCUT2D eigenvalue weighted by molar-refractivity contribution is 7.84. The maximum absolute atomic E-state index is 14.1. The summed E-state index contributed by atoms with van der Waals surface area (Å²) in [6.45, 7) is 2.35. The number of anilines is 1. The number of halogens is 2. The Hall–Kier alpha value is -5.87. The van der Waals surface area contributed by atoms with Gasteiger partial charge in [-0.05, 0) is 37.6 Å². The molecule has 3 aromatic carbocycles. The van der Waals surface area contributed by atoms with Gasteiger partial charge in [0, 0.05) is 79.1 Å². The van der Waals surface area contributed by atoms with Gasteiger partial charge < -0.3 is 33.5 Å². The van der Waals surface area contributed by atoms with Crippen molar-refractivity contribution in [1.82, 2.24) is 9.88 Å². The van der Waals surface area contributed by atoms with Crippen molar-refractivity contribution in [2.75, 3.05) is 45.1 Å². The Morgan fingerprint density at radius 3 is 2.09 bits per heavy atom. The molecule has 0 spiro atoms. The maximum atomic E-state index is 14.1. The van der Waals surface area contributed by atoms with Gasteiger partial charge in [0.05, 0.1) is 47.7 Å². The molecule has 0 aliphatic rings. The number of carbonyl (C=O) groups excluding carboxylic acids is 2. The number of rotatable bonds is 12. The first-order valence-electron chi connectivity index (χ1n) is 16.1. The Morgan fingerprint density at radius 1 is 0.925 bits per heavy atom. The van der Waals surface area contributed by atoms with Gasteiger partial charge in [0.25, 0.3) is 11.8 Å². The molecule has 0 unspecified atom stereocenters. The second-order valence-corrected chi connectivity index (χ2v) is 13.0. The van der Waals surface area contributed by atoms with E-state index in [0.29, 0.717) is 59.3 Å². The van der Waals surface area contributed by atoms with E-state index in [0.717, 1.165) is 17.0 Å². The number of carbonyl (C=O) groups is 2. The highest BCUT2D eigenvalue weighted by atomic mass is 32.2. The summed E-state index contributed by atoms with van der Waals surface area (Å²) in [5.74, 6) is -1.23. The molecule has 5 aromatic rings. The number of nitrogens with one attached hydrogen (secondary N) is 1. The summed E-state index contributed by atoms with van der Waals surface area (Å²) < 4.78 is 75.8. The summed E-state index contributed by atoms with van der Waals surface area (Å²) in [6.07, 6.45) is 6.10. The molecular formula is C37H38F2N4O9S. The Bertz CT molecular complexity index is 2230. The first kappa shape index (κ1) is 39.9. The standard InChI is InChI=1S/C36H34F2N4O6.CH4O3S/c1-5-41(26-16-24(37)15-25(38)17-26)36(45)32-22-42(27-18-29(46-3)20-30(19-27)47-4)33-21-28(7-8-31(33)34(32)43)48-14-6-11-39-35(44)23-9-12-40(2)13-10-23;1-5(2,3)4/h7-10,12-13,15-22H,5-6,11,14H2,1-4H3;1H3,(H,2,3,4). The van der Waals surface area contributed by atoms with Gasteiger partial charge >= 0.3 is 0 Å². The van der Waals surface area contributed by atoms with Crippen LogP contribution in [0, 0.1) is 11.6 Å². The molecule has 0 radical (unpaired) electrons. The highest BCUT2D eigenvalue weighted by Gasteiger charge is 2.24. The molecule has 2 heterocycles. The van der Waals surface area contributed by atoms with Crippen LogP contribution in [0.3, 0.4) is 0 Å². The molecule has 0 atom stereocenters. The molecule has 0 bridgehead atoms. The zero-order valence-corrected chi connectivity index (χ0v) is 30.4. The number of benzene rings is 3. The number of methoxy groups -OCH3 is 2. The zero-order valence-electron chi connectivity index (χ0n) is 29.6. The average molecular weight is 753 g/mol. The molecule has 16 heteroatoms. The lowest BCUT2D eigenvalue weighted by Gasteiger charge is -2.22. The molecule has 2 amide bonds. The first-order chi connectivity index (χ1) is 25.1. The second kappa shape index (κ2) is 17.6. The van der Waals surface area contributed by atoms with Crippen LogP contribution in [-0.4, -0.2) is 69.5 Å². The minimum atomic E-state index is -3.92. The molecule has 13 nitrogen and oxygen atoms in total. The van der Waals surface area contributed by atoms with E-state index in [1.807, 2.05) is 11.6 Å². The van der Waals surface area contributed by atoms with Crippen molar-refractivity contribution < 1.29 is 50.1 Å². The Kier molecular flexibility index (Phi) is 13.2. The third-order valence-electron chi connectivity index (χ3n) is 7.66. The molecule has 5 rings (SSSR count). The highest BCUT2D eigenvalue weighted by Crippen LogP contribution is 2.29. The van der Waals surface area contributed by atoms with Crippen molar-refractivity contribution in [3.63, 3.8) is 0 Å². The molecule has 0 aliphatic carbocycles. The van der Waals surface area contributed by atoms with Gasteiger partial charge in [-0.2, -0.15) is 0 Å². The Morgan fingerprint density at radius 2 is 1.53 bits per heavy atom. The molecule has 1 N–H and O–H groups in total. The Balaban J connectivity index is 0.00000117. The van der Waals surface area contributed by atoms with E-state index in [1.165, 1.54) is 20.4 Å². The smallest absolute Gasteiger partial charge is 0.263 e. The summed E-state index contributed by atoms with van der Waals surface area (Å²) in [7, 11) is 0.959. The zero-order chi connectivity index (χ0) is 38.9. The summed E-state index contributed by atoms with van der Waals surface area (Å²) in [5.41, 5.74) is 0.687. The van der Waals surface area contributed by atoms with Crippen molar-refractivity contribution in [2.45, 2.75) is 13.3 Å². The van der Waals surface area contributed by atoms with Gasteiger partial charge in [0.15, 0.2) is 12.4 Å². The monoisotopic (exact) mass is 752 g/mol. The van der Waals surface area contributed by atoms with E-state index in [2.05, 4.69) is 5.32 Å². The predicted octanol–water partition coefficient (Wildman–Crippen LogP) is 4.14. The third kappa shape index (κ3) is 10.8. The van der Waals surface area contributed by atoms with E-state index in [9.17, 15) is 23.2 Å². The van der Waals surface area contributed by atoms with Gasteiger partial charge in [0.2, 0.25) is 5.43 Å². The number of aromatic nitrogens is 2. The van der Waals surface area contributed by atoms with E-state index in [1.54, 1.807) is 72.4 Å². The number of pyridine rings is 2. The maximum Gasteiger partial charge on any atom is 0.263 e. The van der Waals surface area contributed by atoms with E-state index in [-0.39, 0.29) is 35.7 Å². The minimum Gasteiger partial charge on any atom is -0.748 e. The quantitative estimate of drug-likeness (QED) is 0.112. The van der Waals surface area contributed by atoms with Crippen LogP contribution in [0.1, 0.15) is 34.1 Å². The summed E-state index contributed by atoms with van der Waals surface area (Å²) in [6, 6.07) is 16.2. The number of nitrogens with zero attached hydrogens (tertiary/aromatic N) is 3. The normalized spacial score (nSPS) is 10.9. The summed E-state index contributed by atoms with van der Waals surface area (Å²) in [5, 5.41) is 3.08. The molecule has 280 valence electrons. The molecule has 0 saturated carbocycles. The lowest BCUT2D eigenvalue weighted by atomic mass is 10.1. The largest absolute Gasteiger partial charge is 0.748 e. The number of ether oxygens (including phenoxy) is 3. The van der Waals surface area contributed by atoms with Crippen molar-refractivity contribution >= 4 is 38.5 Å². The van der Waals surface area contributed by atoms with Crippen LogP contribution in [-0.2, 0) is 17.2 Å². The number of hydrogen-bond donors (Lipinski definition) is 1. The first-order valence-corrected chi connectivity index (χ1v) is 17.9. The fourth-order valence-electron chi connectivity index (χ4n) is 5.19. The van der Waals surface area contributed by atoms with Gasteiger partial charge in [-0.15, -0.1) is 0 Å². The lowest BCUT2D eigenvalue weighted by Crippen LogP contribution is -2.35. The Labute approximate surface area is 304 Å². The van der Waals surface area contributed by atoms with Crippen molar-refractivity contribution in [1.29, 1.82) is 0 Å². The number of aryl methyl sites for hydroxylation is 1. The molecule has 2 aromatic heterocycles. The van der Waals surface area contributed by atoms with E-state index >= 15 is 0 Å². The van der Waals surface area contributed by atoms with Gasteiger partial charge in [-0.25, -0.2) is 21.8 Å². The number of amides is 2. The van der Waals surface area contributed by atoms with Gasteiger partial charge in [-0.3, -0.25) is 14.4 Å². The van der Waals surface area contributed by atoms with Crippen LogP contribution in [0.15, 0.2) is 90.1 Å². The van der Waals surface area contributed by atoms with Gasteiger partial charge in [-0.1, -0.05) is 0 Å². The molecule has 0 aliphatic heterocycles. The molecule has 0 fully saturated rings. The van der Waals surface area contributed by atoms with Crippen LogP contribution in [0.4, 0.5) is 14.5 Å². The second-order valence-electron chi connectivity index (χ2n) is 11.6. The minimum absolute atomic E-state index is 0.0214. The van der Waals surface area contributed by atoms with Crippen LogP contribution in [0.25, 0.3) is 16.6 Å². The summed E-state index contributed by atoms with van der Waals surface area (Å²) >= 11 is 0. The van der Waals surface area contributed by atoms with Crippen LogP contribution >= 0.6 is 0 Å². The van der Waals surface area contributed by atoms with E-state index in [4.69, 9.17) is 27.2 Å². The van der Waals surface area contributed by atoms with E-state index < -0.39 is 33.1 Å². The van der Waals surface area contributed by atoms with Crippen LogP contribution in [0.5, 0.6) is 17.2 Å². The fourth-order valence-corrected chi connectivity index (χ4v) is 5.19. The topological polar surface area (TPSA) is 160 Å². The van der Waals surface area contributed by atoms with Gasteiger partial charge in [0.1, 0.15) is 41.5 Å². The van der Waals surface area contributed by atoms with Crippen molar-refractivity contribution in [2.24, 2.45) is 7.05 Å². The van der Waals surface area contributed by atoms with Crippen molar-refractivity contribution in [3.8, 4) is 22.9 Å². The molecule has 53 heavy (non-hydrogen) atoms. The fraction of sp³-hybridized carbons (Fsp3) is 0.243. The number of hydrogen-bond acceptors (Lipinski definition) is 9. The lowest BCUT2D eigenvalue weighted by molar-refractivity contribution is -0.671. The molecular weight excluding hydrogens is 714 g/mol. The third-order valence-corrected chi connectivity index (χ3v) is 7.66. The SMILES string of the molecule is CCN(C(=O)c1cn(-c2cc(OC)cc(OC)c2)c2cc(OCCCNC(=O)c3cc[n+](C)cc3)ccc2c1=O)c1cc(F)cc(F)c1.CS(=O)(=O)[O-]. The van der Waals surface area contributed by atoms with Crippen LogP contribution < -0.4 is 34.4 Å². The predicted molar refractivity (Wildman–Crippen MR) is 192 cm³/mol. The number of fused-ring (bicyclic) bond motifs is 1. The summed E-state index contributed by atoms with van der Waals surface area (Å²) in [4.78, 5) is 41.3. The van der Waals surface area contributed by atoms with Crippen molar-refractivity contribution in [3.05, 3.63) is 118 Å². The molecule has 0 saturated heterocycles. The average Bonchev–Trinajstić information content (AvgIpc) is 3.10. The van der Waals surface area contributed by atoms with Crippen LogP contribution in [0.2, 0.25) is 0 Å².